The summed E-state index contributed by atoms with van der Waals surface area (Å²) in [4.78, 5) is 13.5. The topological polar surface area (TPSA) is 40.5 Å². The van der Waals surface area contributed by atoms with E-state index < -0.39 is 0 Å². The van der Waals surface area contributed by atoms with Gasteiger partial charge < -0.3 is 10.0 Å². The molecule has 0 saturated heterocycles. The van der Waals surface area contributed by atoms with Gasteiger partial charge >= 0.3 is 0 Å². The fourth-order valence-electron chi connectivity index (χ4n) is 1.96. The standard InChI is InChI=1S/C14H20FNO2/c1-3-16(8-9-17)14(18)10-11(2)12-6-4-5-7-13(12)15/h4-7,11,17H,3,8-10H2,1-2H3. The number of halogens is 1. The SMILES string of the molecule is CCN(CCO)C(=O)CC(C)c1ccccc1F. The molecule has 0 aromatic heterocycles. The normalized spacial score (nSPS) is 12.2. The third-order valence-electron chi connectivity index (χ3n) is 3.02. The molecular weight excluding hydrogens is 233 g/mol. The Balaban J connectivity index is 2.67. The molecule has 0 spiro atoms. The number of amides is 1. The third kappa shape index (κ3) is 3.81. The molecule has 100 valence electrons. The number of nitrogens with zero attached hydrogens (tertiary/aromatic N) is 1. The van der Waals surface area contributed by atoms with Crippen molar-refractivity contribution >= 4 is 5.91 Å². The zero-order valence-corrected chi connectivity index (χ0v) is 10.9. The van der Waals surface area contributed by atoms with E-state index in [0.717, 1.165) is 0 Å². The summed E-state index contributed by atoms with van der Waals surface area (Å²) in [6.07, 6.45) is 0.259. The highest BCUT2D eigenvalue weighted by Crippen LogP contribution is 2.22. The molecule has 0 heterocycles. The molecule has 0 radical (unpaired) electrons. The highest BCUT2D eigenvalue weighted by Gasteiger charge is 2.18. The van der Waals surface area contributed by atoms with Crippen molar-refractivity contribution in [3.63, 3.8) is 0 Å². The van der Waals surface area contributed by atoms with E-state index in [1.54, 1.807) is 23.1 Å². The van der Waals surface area contributed by atoms with E-state index in [-0.39, 0.29) is 30.7 Å². The van der Waals surface area contributed by atoms with E-state index in [4.69, 9.17) is 5.11 Å². The Morgan fingerprint density at radius 2 is 2.11 bits per heavy atom. The molecule has 18 heavy (non-hydrogen) atoms. The lowest BCUT2D eigenvalue weighted by Crippen LogP contribution is -2.34. The number of likely N-dealkylation sites (N-methyl/N-ethyl adjacent to an activating group) is 1. The maximum atomic E-state index is 13.6. The first kappa shape index (κ1) is 14.6. The Morgan fingerprint density at radius 1 is 1.44 bits per heavy atom. The number of carbonyl (C=O) groups excluding carboxylic acids is 1. The second kappa shape index (κ2) is 7.11. The van der Waals surface area contributed by atoms with Gasteiger partial charge in [-0.2, -0.15) is 0 Å². The predicted molar refractivity (Wildman–Crippen MR) is 68.8 cm³/mol. The maximum Gasteiger partial charge on any atom is 0.223 e. The molecule has 1 rings (SSSR count). The van der Waals surface area contributed by atoms with Crippen molar-refractivity contribution in [1.82, 2.24) is 4.90 Å². The second-order valence-corrected chi connectivity index (χ2v) is 4.32. The van der Waals surface area contributed by atoms with E-state index in [1.807, 2.05) is 13.8 Å². The number of aliphatic hydroxyl groups is 1. The highest BCUT2D eigenvalue weighted by atomic mass is 19.1. The average Bonchev–Trinajstić information content (AvgIpc) is 2.36. The molecular formula is C14H20FNO2. The summed E-state index contributed by atoms with van der Waals surface area (Å²) in [5, 5.41) is 8.86. The van der Waals surface area contributed by atoms with Crippen LogP contribution in [0.2, 0.25) is 0 Å². The molecule has 1 aromatic carbocycles. The summed E-state index contributed by atoms with van der Waals surface area (Å²) < 4.78 is 13.6. The summed E-state index contributed by atoms with van der Waals surface area (Å²) in [5.41, 5.74) is 0.561. The largest absolute Gasteiger partial charge is 0.395 e. The van der Waals surface area contributed by atoms with Crippen LogP contribution >= 0.6 is 0 Å². The van der Waals surface area contributed by atoms with Crippen molar-refractivity contribution in [2.75, 3.05) is 19.7 Å². The monoisotopic (exact) mass is 253 g/mol. The van der Waals surface area contributed by atoms with Crippen LogP contribution in [0.15, 0.2) is 24.3 Å². The number of hydrogen-bond acceptors (Lipinski definition) is 2. The first-order chi connectivity index (χ1) is 8.60. The zero-order chi connectivity index (χ0) is 13.5. The minimum atomic E-state index is -0.275. The average molecular weight is 253 g/mol. The van der Waals surface area contributed by atoms with Crippen molar-refractivity contribution in [3.05, 3.63) is 35.6 Å². The van der Waals surface area contributed by atoms with Crippen LogP contribution in [-0.2, 0) is 4.79 Å². The Bertz CT molecular complexity index is 395. The predicted octanol–water partition coefficient (Wildman–Crippen LogP) is 2.16. The highest BCUT2D eigenvalue weighted by molar-refractivity contribution is 5.77. The molecule has 0 aliphatic rings. The Labute approximate surface area is 107 Å². The fourth-order valence-corrected chi connectivity index (χ4v) is 1.96. The molecule has 0 aliphatic heterocycles. The number of hydrogen-bond donors (Lipinski definition) is 1. The molecule has 1 unspecified atom stereocenters. The lowest BCUT2D eigenvalue weighted by Gasteiger charge is -2.22. The van der Waals surface area contributed by atoms with Crippen LogP contribution in [0.5, 0.6) is 0 Å². The molecule has 3 nitrogen and oxygen atoms in total. The van der Waals surface area contributed by atoms with Gasteiger partial charge in [-0.1, -0.05) is 25.1 Å². The van der Waals surface area contributed by atoms with Crippen molar-refractivity contribution in [3.8, 4) is 0 Å². The van der Waals surface area contributed by atoms with Crippen LogP contribution in [0.25, 0.3) is 0 Å². The van der Waals surface area contributed by atoms with Crippen LogP contribution in [0, 0.1) is 5.82 Å². The lowest BCUT2D eigenvalue weighted by molar-refractivity contribution is -0.131. The zero-order valence-electron chi connectivity index (χ0n) is 10.9. The van der Waals surface area contributed by atoms with Gasteiger partial charge in [-0.15, -0.1) is 0 Å². The van der Waals surface area contributed by atoms with Crippen LogP contribution in [0.1, 0.15) is 31.7 Å². The van der Waals surface area contributed by atoms with Gasteiger partial charge in [0, 0.05) is 19.5 Å². The van der Waals surface area contributed by atoms with Crippen LogP contribution in [0.3, 0.4) is 0 Å². The molecule has 1 N–H and O–H groups in total. The minimum Gasteiger partial charge on any atom is -0.395 e. The molecule has 0 aliphatic carbocycles. The van der Waals surface area contributed by atoms with Gasteiger partial charge in [0.2, 0.25) is 5.91 Å². The smallest absolute Gasteiger partial charge is 0.223 e. The van der Waals surface area contributed by atoms with Gasteiger partial charge in [0.05, 0.1) is 6.61 Å². The summed E-state index contributed by atoms with van der Waals surface area (Å²) in [5.74, 6) is -0.489. The Kier molecular flexibility index (Phi) is 5.78. The van der Waals surface area contributed by atoms with Gasteiger partial charge in [0.25, 0.3) is 0 Å². The number of benzene rings is 1. The molecule has 0 bridgehead atoms. The first-order valence-corrected chi connectivity index (χ1v) is 6.23. The van der Waals surface area contributed by atoms with Gasteiger partial charge in [-0.3, -0.25) is 4.79 Å². The molecule has 1 aromatic rings. The van der Waals surface area contributed by atoms with Crippen LogP contribution in [-0.4, -0.2) is 35.6 Å². The molecule has 1 amide bonds. The molecule has 4 heteroatoms. The van der Waals surface area contributed by atoms with E-state index in [9.17, 15) is 9.18 Å². The molecule has 0 fully saturated rings. The first-order valence-electron chi connectivity index (χ1n) is 6.23. The molecule has 0 saturated carbocycles. The molecule has 1 atom stereocenters. The third-order valence-corrected chi connectivity index (χ3v) is 3.02. The van der Waals surface area contributed by atoms with Crippen molar-refractivity contribution in [2.45, 2.75) is 26.2 Å². The van der Waals surface area contributed by atoms with Crippen molar-refractivity contribution < 1.29 is 14.3 Å². The van der Waals surface area contributed by atoms with E-state index >= 15 is 0 Å². The summed E-state index contributed by atoms with van der Waals surface area (Å²) in [7, 11) is 0. The summed E-state index contributed by atoms with van der Waals surface area (Å²) in [6.45, 7) is 4.54. The summed E-state index contributed by atoms with van der Waals surface area (Å²) in [6, 6.07) is 6.51. The summed E-state index contributed by atoms with van der Waals surface area (Å²) >= 11 is 0. The quantitative estimate of drug-likeness (QED) is 0.844. The van der Waals surface area contributed by atoms with Crippen LogP contribution in [0.4, 0.5) is 4.39 Å². The van der Waals surface area contributed by atoms with Gasteiger partial charge in [-0.25, -0.2) is 4.39 Å². The van der Waals surface area contributed by atoms with Crippen molar-refractivity contribution in [1.29, 1.82) is 0 Å². The second-order valence-electron chi connectivity index (χ2n) is 4.32. The number of aliphatic hydroxyl groups excluding tert-OH is 1. The van der Waals surface area contributed by atoms with E-state index in [1.165, 1.54) is 6.07 Å². The number of rotatable bonds is 6. The van der Waals surface area contributed by atoms with Crippen molar-refractivity contribution in [2.24, 2.45) is 0 Å². The van der Waals surface area contributed by atoms with Crippen LogP contribution < -0.4 is 0 Å². The number of carbonyl (C=O) groups is 1. The maximum absolute atomic E-state index is 13.6. The fraction of sp³-hybridized carbons (Fsp3) is 0.500. The lowest BCUT2D eigenvalue weighted by atomic mass is 9.96. The van der Waals surface area contributed by atoms with E-state index in [0.29, 0.717) is 18.7 Å². The Hall–Kier alpha value is -1.42. The van der Waals surface area contributed by atoms with Gasteiger partial charge in [-0.05, 0) is 24.5 Å². The Morgan fingerprint density at radius 3 is 2.67 bits per heavy atom. The minimum absolute atomic E-state index is 0.0480. The van der Waals surface area contributed by atoms with Gasteiger partial charge in [0.15, 0.2) is 0 Å². The van der Waals surface area contributed by atoms with E-state index in [2.05, 4.69) is 0 Å². The van der Waals surface area contributed by atoms with Gasteiger partial charge in [0.1, 0.15) is 5.82 Å².